The van der Waals surface area contributed by atoms with Gasteiger partial charge < -0.3 is 20.1 Å². The van der Waals surface area contributed by atoms with Crippen LogP contribution < -0.4 is 10.6 Å². The maximum Gasteiger partial charge on any atom is 0.309 e. The van der Waals surface area contributed by atoms with Gasteiger partial charge in [-0.3, -0.25) is 9.69 Å². The van der Waals surface area contributed by atoms with Crippen molar-refractivity contribution >= 4 is 29.0 Å². The first-order valence-corrected chi connectivity index (χ1v) is 8.09. The van der Waals surface area contributed by atoms with Crippen molar-refractivity contribution < 1.29 is 14.3 Å². The van der Waals surface area contributed by atoms with Crippen LogP contribution in [0.3, 0.4) is 0 Å². The first-order chi connectivity index (χ1) is 11.2. The molecule has 0 radical (unpaired) electrons. The standard InChI is InChI=1S/C16H23N3O3S/c1-21-15(20)12-13-2-4-14(5-3-13)18-16(23)17-6-7-19-8-10-22-11-9-19/h2-5H,6-12H2,1H3,(H2,17,18,23). The lowest BCUT2D eigenvalue weighted by Gasteiger charge is -2.26. The second-order valence-electron chi connectivity index (χ2n) is 5.28. The van der Waals surface area contributed by atoms with Gasteiger partial charge in [-0.2, -0.15) is 0 Å². The molecular formula is C16H23N3O3S. The molecular weight excluding hydrogens is 314 g/mol. The fourth-order valence-corrected chi connectivity index (χ4v) is 2.49. The Kier molecular flexibility index (Phi) is 7.25. The van der Waals surface area contributed by atoms with Crippen molar-refractivity contribution in [1.82, 2.24) is 10.2 Å². The number of carbonyl (C=O) groups excluding carboxylic acids is 1. The summed E-state index contributed by atoms with van der Waals surface area (Å²) in [6.45, 7) is 5.31. The van der Waals surface area contributed by atoms with Crippen LogP contribution in [0.5, 0.6) is 0 Å². The molecule has 0 aliphatic carbocycles. The van der Waals surface area contributed by atoms with Crippen LogP contribution in [0.25, 0.3) is 0 Å². The van der Waals surface area contributed by atoms with Gasteiger partial charge in [0.1, 0.15) is 0 Å². The minimum absolute atomic E-state index is 0.244. The van der Waals surface area contributed by atoms with E-state index in [9.17, 15) is 4.79 Å². The number of rotatable bonds is 6. The predicted molar refractivity (Wildman–Crippen MR) is 93.6 cm³/mol. The first kappa shape index (κ1) is 17.7. The Morgan fingerprint density at radius 3 is 2.65 bits per heavy atom. The molecule has 1 aliphatic rings. The van der Waals surface area contributed by atoms with E-state index in [1.165, 1.54) is 7.11 Å². The zero-order valence-electron chi connectivity index (χ0n) is 13.3. The Morgan fingerprint density at radius 1 is 1.30 bits per heavy atom. The van der Waals surface area contributed by atoms with E-state index in [1.54, 1.807) is 0 Å². The monoisotopic (exact) mass is 337 g/mol. The van der Waals surface area contributed by atoms with Crippen molar-refractivity contribution in [3.05, 3.63) is 29.8 Å². The second-order valence-corrected chi connectivity index (χ2v) is 5.69. The predicted octanol–water partition coefficient (Wildman–Crippen LogP) is 1.02. The van der Waals surface area contributed by atoms with Crippen molar-refractivity contribution in [2.24, 2.45) is 0 Å². The van der Waals surface area contributed by atoms with Gasteiger partial charge in [-0.15, -0.1) is 0 Å². The molecule has 0 unspecified atom stereocenters. The van der Waals surface area contributed by atoms with Crippen LogP contribution in [-0.2, 0) is 20.7 Å². The highest BCUT2D eigenvalue weighted by Crippen LogP contribution is 2.10. The van der Waals surface area contributed by atoms with Crippen LogP contribution in [0, 0.1) is 0 Å². The van der Waals surface area contributed by atoms with E-state index in [2.05, 4.69) is 20.3 Å². The van der Waals surface area contributed by atoms with Crippen molar-refractivity contribution in [3.8, 4) is 0 Å². The van der Waals surface area contributed by atoms with Crippen LogP contribution in [0.4, 0.5) is 5.69 Å². The van der Waals surface area contributed by atoms with Gasteiger partial charge in [-0.1, -0.05) is 12.1 Å². The van der Waals surface area contributed by atoms with Crippen LogP contribution in [0.2, 0.25) is 0 Å². The minimum Gasteiger partial charge on any atom is -0.469 e. The summed E-state index contributed by atoms with van der Waals surface area (Å²) in [4.78, 5) is 13.6. The Hall–Kier alpha value is -1.70. The summed E-state index contributed by atoms with van der Waals surface area (Å²) in [6, 6.07) is 7.56. The normalized spacial score (nSPS) is 15.0. The molecule has 7 heteroatoms. The van der Waals surface area contributed by atoms with E-state index < -0.39 is 0 Å². The average molecular weight is 337 g/mol. The van der Waals surface area contributed by atoms with Crippen LogP contribution >= 0.6 is 12.2 Å². The zero-order valence-corrected chi connectivity index (χ0v) is 14.2. The first-order valence-electron chi connectivity index (χ1n) is 7.68. The molecule has 0 atom stereocenters. The number of methoxy groups -OCH3 is 1. The van der Waals surface area contributed by atoms with Gasteiger partial charge in [0.15, 0.2) is 5.11 Å². The van der Waals surface area contributed by atoms with Crippen molar-refractivity contribution in [3.63, 3.8) is 0 Å². The summed E-state index contributed by atoms with van der Waals surface area (Å²) in [7, 11) is 1.39. The molecule has 0 bridgehead atoms. The molecule has 1 aromatic rings. The Balaban J connectivity index is 1.69. The molecule has 0 aromatic heterocycles. The Bertz CT molecular complexity index is 516. The molecule has 2 rings (SSSR count). The number of morpholine rings is 1. The lowest BCUT2D eigenvalue weighted by Crippen LogP contribution is -2.42. The molecule has 23 heavy (non-hydrogen) atoms. The number of ether oxygens (including phenoxy) is 2. The number of hydrogen-bond acceptors (Lipinski definition) is 5. The summed E-state index contributed by atoms with van der Waals surface area (Å²) in [6.07, 6.45) is 0.277. The molecule has 1 aromatic carbocycles. The molecule has 0 amide bonds. The van der Waals surface area contributed by atoms with Gasteiger partial charge in [0.2, 0.25) is 0 Å². The number of esters is 1. The topological polar surface area (TPSA) is 62.8 Å². The summed E-state index contributed by atoms with van der Waals surface area (Å²) in [5.74, 6) is -0.244. The molecule has 1 saturated heterocycles. The quantitative estimate of drug-likeness (QED) is 0.593. The molecule has 126 valence electrons. The van der Waals surface area contributed by atoms with Crippen molar-refractivity contribution in [2.45, 2.75) is 6.42 Å². The number of carbonyl (C=O) groups is 1. The summed E-state index contributed by atoms with van der Waals surface area (Å²) >= 11 is 5.28. The molecule has 1 aliphatic heterocycles. The molecule has 0 spiro atoms. The van der Waals surface area contributed by atoms with E-state index in [1.807, 2.05) is 24.3 Å². The minimum atomic E-state index is -0.244. The lowest BCUT2D eigenvalue weighted by atomic mass is 10.1. The van der Waals surface area contributed by atoms with Crippen molar-refractivity contribution in [1.29, 1.82) is 0 Å². The number of nitrogens with one attached hydrogen (secondary N) is 2. The molecule has 1 fully saturated rings. The fraction of sp³-hybridized carbons (Fsp3) is 0.500. The van der Waals surface area contributed by atoms with E-state index in [4.69, 9.17) is 17.0 Å². The van der Waals surface area contributed by atoms with Crippen LogP contribution in [0.1, 0.15) is 5.56 Å². The number of anilines is 1. The largest absolute Gasteiger partial charge is 0.469 e. The lowest BCUT2D eigenvalue weighted by molar-refractivity contribution is -0.139. The third-order valence-electron chi connectivity index (χ3n) is 3.61. The summed E-state index contributed by atoms with van der Waals surface area (Å²) in [5.41, 5.74) is 1.80. The highest BCUT2D eigenvalue weighted by Gasteiger charge is 2.09. The molecule has 0 saturated carbocycles. The maximum absolute atomic E-state index is 11.2. The molecule has 1 heterocycles. The van der Waals surface area contributed by atoms with E-state index in [0.717, 1.165) is 50.6 Å². The number of nitrogens with zero attached hydrogens (tertiary/aromatic N) is 1. The van der Waals surface area contributed by atoms with E-state index >= 15 is 0 Å². The number of thiocarbonyl (C=S) groups is 1. The highest BCUT2D eigenvalue weighted by atomic mass is 32.1. The highest BCUT2D eigenvalue weighted by molar-refractivity contribution is 7.80. The third kappa shape index (κ3) is 6.52. The van der Waals surface area contributed by atoms with E-state index in [0.29, 0.717) is 5.11 Å². The van der Waals surface area contributed by atoms with Gasteiger partial charge in [0.05, 0.1) is 26.7 Å². The van der Waals surface area contributed by atoms with Gasteiger partial charge in [0.25, 0.3) is 0 Å². The smallest absolute Gasteiger partial charge is 0.309 e. The van der Waals surface area contributed by atoms with Gasteiger partial charge in [-0.25, -0.2) is 0 Å². The SMILES string of the molecule is COC(=O)Cc1ccc(NC(=S)NCCN2CCOCC2)cc1. The van der Waals surface area contributed by atoms with Gasteiger partial charge in [0, 0.05) is 31.9 Å². The number of benzene rings is 1. The maximum atomic E-state index is 11.2. The summed E-state index contributed by atoms with van der Waals surface area (Å²) in [5, 5.41) is 6.93. The second kappa shape index (κ2) is 9.44. The molecule has 2 N–H and O–H groups in total. The molecule has 6 nitrogen and oxygen atoms in total. The van der Waals surface area contributed by atoms with E-state index in [-0.39, 0.29) is 12.4 Å². The average Bonchev–Trinajstić information content (AvgIpc) is 2.57. The number of hydrogen-bond donors (Lipinski definition) is 2. The Morgan fingerprint density at radius 2 is 2.00 bits per heavy atom. The third-order valence-corrected chi connectivity index (χ3v) is 3.85. The van der Waals surface area contributed by atoms with Crippen LogP contribution in [0.15, 0.2) is 24.3 Å². The van der Waals surface area contributed by atoms with Gasteiger partial charge >= 0.3 is 5.97 Å². The summed E-state index contributed by atoms with van der Waals surface area (Å²) < 4.78 is 9.96. The zero-order chi connectivity index (χ0) is 16.5. The van der Waals surface area contributed by atoms with Crippen LogP contribution in [-0.4, -0.2) is 62.5 Å². The van der Waals surface area contributed by atoms with Crippen molar-refractivity contribution in [2.75, 3.05) is 51.8 Å². The van der Waals surface area contributed by atoms with Gasteiger partial charge in [-0.05, 0) is 29.9 Å². The Labute approximate surface area is 142 Å². The fourth-order valence-electron chi connectivity index (χ4n) is 2.27.